The van der Waals surface area contributed by atoms with E-state index in [0.29, 0.717) is 4.32 Å². The van der Waals surface area contributed by atoms with Crippen LogP contribution in [0.25, 0.3) is 10.2 Å². The first-order valence-electron chi connectivity index (χ1n) is 4.02. The second kappa shape index (κ2) is 6.06. The van der Waals surface area contributed by atoms with Crippen molar-refractivity contribution in [3.8, 4) is 0 Å². The zero-order chi connectivity index (χ0) is 10.1. The van der Waals surface area contributed by atoms with Crippen LogP contribution in [0.5, 0.6) is 0 Å². The van der Waals surface area contributed by atoms with Gasteiger partial charge in [0.05, 0.1) is 10.2 Å². The number of nitrogens with one attached hydrogen (secondary N) is 1. The quantitative estimate of drug-likeness (QED) is 0.444. The van der Waals surface area contributed by atoms with Crippen molar-refractivity contribution < 1.29 is 51.4 Å². The molecule has 0 atom stereocenters. The minimum Gasteiger partial charge on any atom is -0.317 e. The summed E-state index contributed by atoms with van der Waals surface area (Å²) in [6.07, 6.45) is 0. The maximum Gasteiger partial charge on any atom is 1.00 e. The molecule has 0 bridgehead atoms. The Kier molecular flexibility index (Phi) is 5.68. The third kappa shape index (κ3) is 3.74. The number of anilines is 1. The van der Waals surface area contributed by atoms with Crippen LogP contribution in [0.3, 0.4) is 0 Å². The molecule has 0 amide bonds. The molecule has 0 saturated heterocycles. The minimum atomic E-state index is 0. The van der Waals surface area contributed by atoms with Gasteiger partial charge in [-0.2, -0.15) is 0 Å². The fourth-order valence-electron chi connectivity index (χ4n) is 1.18. The zero-order valence-corrected chi connectivity index (χ0v) is 14.1. The van der Waals surface area contributed by atoms with E-state index >= 15 is 0 Å². The third-order valence-corrected chi connectivity index (χ3v) is 2.91. The van der Waals surface area contributed by atoms with Crippen LogP contribution in [-0.2, 0) is 0 Å². The van der Waals surface area contributed by atoms with Crippen molar-refractivity contribution in [3.63, 3.8) is 0 Å². The number of nitrogens with zero attached hydrogens (tertiary/aromatic N) is 1. The van der Waals surface area contributed by atoms with Crippen LogP contribution in [0, 0.1) is 6.92 Å². The number of thiol groups is 1. The van der Waals surface area contributed by atoms with E-state index in [9.17, 15) is 0 Å². The molecule has 6 heteroatoms. The average molecular weight is 279 g/mol. The Bertz CT molecular complexity index is 495. The SMILES string of the molecule is Cc1ccc2nc(NC(=S)S)sc2c1.[K+]. The Morgan fingerprint density at radius 1 is 1.53 bits per heavy atom. The Labute approximate surface area is 146 Å². The Morgan fingerprint density at radius 3 is 2.93 bits per heavy atom. The van der Waals surface area contributed by atoms with Gasteiger partial charge in [0, 0.05) is 0 Å². The number of hydrogen-bond donors (Lipinski definition) is 2. The van der Waals surface area contributed by atoms with Crippen LogP contribution in [0.2, 0.25) is 0 Å². The molecular weight excluding hydrogens is 271 g/mol. The zero-order valence-electron chi connectivity index (χ0n) is 8.44. The molecule has 0 unspecified atom stereocenters. The molecule has 0 aliphatic heterocycles. The molecule has 0 fully saturated rings. The summed E-state index contributed by atoms with van der Waals surface area (Å²) < 4.78 is 1.61. The van der Waals surface area contributed by atoms with E-state index in [4.69, 9.17) is 12.2 Å². The second-order valence-electron chi connectivity index (χ2n) is 2.92. The largest absolute Gasteiger partial charge is 1.00 e. The van der Waals surface area contributed by atoms with Crippen molar-refractivity contribution in [1.29, 1.82) is 0 Å². The van der Waals surface area contributed by atoms with Crippen molar-refractivity contribution in [3.05, 3.63) is 23.8 Å². The number of hydrogen-bond acceptors (Lipinski definition) is 3. The fraction of sp³-hybridized carbons (Fsp3) is 0.111. The van der Waals surface area contributed by atoms with Gasteiger partial charge in [0.15, 0.2) is 5.13 Å². The van der Waals surface area contributed by atoms with Gasteiger partial charge >= 0.3 is 51.4 Å². The molecule has 0 aliphatic carbocycles. The van der Waals surface area contributed by atoms with E-state index in [0.717, 1.165) is 15.3 Å². The van der Waals surface area contributed by atoms with Crippen molar-refractivity contribution in [2.24, 2.45) is 0 Å². The standard InChI is InChI=1S/C9H8N2S3.K/c1-5-2-3-6-7(4-5)14-8(10-6)11-9(12)13;/h2-4H,1H3,(H2,10,11,12,13);/q;+1. The van der Waals surface area contributed by atoms with Crippen molar-refractivity contribution in [2.75, 3.05) is 5.32 Å². The summed E-state index contributed by atoms with van der Waals surface area (Å²) in [5.74, 6) is 0. The normalized spacial score (nSPS) is 9.73. The molecular formula is C9H8KN2S3+. The number of thiocarbonyl (C=S) groups is 1. The molecule has 2 rings (SSSR count). The van der Waals surface area contributed by atoms with E-state index in [1.807, 2.05) is 12.1 Å². The number of thiazole rings is 1. The van der Waals surface area contributed by atoms with Crippen molar-refractivity contribution in [1.82, 2.24) is 4.98 Å². The Morgan fingerprint density at radius 2 is 2.27 bits per heavy atom. The van der Waals surface area contributed by atoms with Crippen molar-refractivity contribution in [2.45, 2.75) is 6.92 Å². The summed E-state index contributed by atoms with van der Waals surface area (Å²) in [5.41, 5.74) is 2.23. The Hall–Kier alpha value is 0.986. The van der Waals surface area contributed by atoms with E-state index in [1.165, 1.54) is 5.56 Å². The van der Waals surface area contributed by atoms with Gasteiger partial charge in [-0.25, -0.2) is 4.98 Å². The molecule has 0 radical (unpaired) electrons. The van der Waals surface area contributed by atoms with Gasteiger partial charge in [0.1, 0.15) is 4.32 Å². The van der Waals surface area contributed by atoms with Gasteiger partial charge in [-0.1, -0.05) is 29.6 Å². The second-order valence-corrected chi connectivity index (χ2v) is 5.11. The van der Waals surface area contributed by atoms with Crippen LogP contribution in [0.4, 0.5) is 5.13 Å². The summed E-state index contributed by atoms with van der Waals surface area (Å²) in [6.45, 7) is 2.06. The maximum atomic E-state index is 4.83. The van der Waals surface area contributed by atoms with Gasteiger partial charge in [-0.05, 0) is 24.6 Å². The van der Waals surface area contributed by atoms with Crippen LogP contribution in [0.15, 0.2) is 18.2 Å². The number of fused-ring (bicyclic) bond motifs is 1. The van der Waals surface area contributed by atoms with Crippen LogP contribution in [-0.4, -0.2) is 9.30 Å². The summed E-state index contributed by atoms with van der Waals surface area (Å²) in [7, 11) is 0. The maximum absolute atomic E-state index is 4.83. The van der Waals surface area contributed by atoms with Gasteiger partial charge in [-0.3, -0.25) is 0 Å². The van der Waals surface area contributed by atoms with E-state index in [1.54, 1.807) is 11.3 Å². The summed E-state index contributed by atoms with van der Waals surface area (Å²) in [6, 6.07) is 6.17. The smallest absolute Gasteiger partial charge is 0.317 e. The monoisotopic (exact) mass is 279 g/mol. The number of benzene rings is 1. The molecule has 1 heterocycles. The molecule has 2 aromatic rings. The van der Waals surface area contributed by atoms with Crippen molar-refractivity contribution >= 4 is 55.9 Å². The van der Waals surface area contributed by atoms with Gasteiger partial charge in [0.25, 0.3) is 0 Å². The summed E-state index contributed by atoms with van der Waals surface area (Å²) >= 11 is 10.4. The molecule has 1 aromatic carbocycles. The van der Waals surface area contributed by atoms with E-state index in [2.05, 4.69) is 35.9 Å². The first-order chi connectivity index (χ1) is 6.65. The van der Waals surface area contributed by atoms with Gasteiger partial charge in [0.2, 0.25) is 0 Å². The van der Waals surface area contributed by atoms with Crippen LogP contribution in [0.1, 0.15) is 5.56 Å². The number of aromatic nitrogens is 1. The molecule has 1 aromatic heterocycles. The molecule has 2 nitrogen and oxygen atoms in total. The summed E-state index contributed by atoms with van der Waals surface area (Å²) in [4.78, 5) is 4.36. The van der Waals surface area contributed by atoms with E-state index in [-0.39, 0.29) is 51.4 Å². The van der Waals surface area contributed by atoms with Crippen LogP contribution >= 0.6 is 36.2 Å². The third-order valence-electron chi connectivity index (χ3n) is 1.76. The molecule has 1 N–H and O–H groups in total. The number of aryl methyl sites for hydroxylation is 1. The van der Waals surface area contributed by atoms with Gasteiger partial charge in [-0.15, -0.1) is 12.6 Å². The fourth-order valence-corrected chi connectivity index (χ4v) is 2.49. The number of rotatable bonds is 1. The minimum absolute atomic E-state index is 0. The molecule has 15 heavy (non-hydrogen) atoms. The first kappa shape index (κ1) is 14.0. The van der Waals surface area contributed by atoms with Crippen LogP contribution < -0.4 is 56.7 Å². The topological polar surface area (TPSA) is 24.9 Å². The molecule has 0 aliphatic rings. The predicted octanol–water partition coefficient (Wildman–Crippen LogP) is 0.235. The molecule has 72 valence electrons. The van der Waals surface area contributed by atoms with E-state index < -0.39 is 0 Å². The molecule has 0 spiro atoms. The summed E-state index contributed by atoms with van der Waals surface area (Å²) in [5, 5.41) is 3.71. The van der Waals surface area contributed by atoms with Gasteiger partial charge < -0.3 is 5.32 Å². The first-order valence-corrected chi connectivity index (χ1v) is 5.69. The predicted molar refractivity (Wildman–Crippen MR) is 69.6 cm³/mol. The molecule has 0 saturated carbocycles. The average Bonchev–Trinajstić information content (AvgIpc) is 2.44. The Balaban J connectivity index is 0.00000112.